The molecule has 1 amide bonds. The summed E-state index contributed by atoms with van der Waals surface area (Å²) in [5.41, 5.74) is -5.99. The highest BCUT2D eigenvalue weighted by molar-refractivity contribution is 5.88. The Morgan fingerprint density at radius 3 is 1.34 bits per heavy atom. The van der Waals surface area contributed by atoms with Crippen LogP contribution in [0, 0.1) is 0 Å². The molecule has 0 spiro atoms. The topological polar surface area (TPSA) is 52.9 Å². The predicted molar refractivity (Wildman–Crippen MR) is 75.9 cm³/mol. The standard InChI is InChI=1S/C14H9F17N2O2/c1-4-3-6(35,33(32-4)5(2)34)7(15,16)8(17,18)9(19,20)10(21,22)11(23,24)12(25,26)13(27,28)14(29,30)31/h35H,3H2,1-2H3. The molecule has 4 nitrogen and oxygen atoms in total. The molecule has 1 aliphatic rings. The molecule has 0 aromatic heterocycles. The molecule has 0 saturated carbocycles. The monoisotopic (exact) mass is 560 g/mol. The first kappa shape index (κ1) is 30.9. The third kappa shape index (κ3) is 3.61. The van der Waals surface area contributed by atoms with Crippen molar-refractivity contribution in [1.29, 1.82) is 0 Å². The minimum Gasteiger partial charge on any atom is -0.364 e. The number of halogens is 17. The van der Waals surface area contributed by atoms with E-state index in [1.54, 1.807) is 0 Å². The third-order valence-corrected chi connectivity index (χ3v) is 4.65. The molecule has 1 rings (SSSR count). The van der Waals surface area contributed by atoms with E-state index in [4.69, 9.17) is 0 Å². The van der Waals surface area contributed by atoms with Gasteiger partial charge < -0.3 is 5.11 Å². The number of amides is 1. The average molecular weight is 560 g/mol. The van der Waals surface area contributed by atoms with Crippen molar-refractivity contribution in [2.75, 3.05) is 0 Å². The van der Waals surface area contributed by atoms with Gasteiger partial charge in [0, 0.05) is 19.1 Å². The Morgan fingerprint density at radius 1 is 0.714 bits per heavy atom. The van der Waals surface area contributed by atoms with Crippen LogP contribution in [0.25, 0.3) is 0 Å². The van der Waals surface area contributed by atoms with Gasteiger partial charge in [0.15, 0.2) is 0 Å². The normalized spacial score (nSPS) is 21.9. The van der Waals surface area contributed by atoms with Gasteiger partial charge in [-0.05, 0) is 6.92 Å². The molecule has 1 heterocycles. The smallest absolute Gasteiger partial charge is 0.364 e. The quantitative estimate of drug-likeness (QED) is 0.430. The largest absolute Gasteiger partial charge is 0.460 e. The van der Waals surface area contributed by atoms with Gasteiger partial charge in [-0.3, -0.25) is 4.79 Å². The lowest BCUT2D eigenvalue weighted by Gasteiger charge is -2.46. The second-order valence-corrected chi connectivity index (χ2v) is 7.18. The summed E-state index contributed by atoms with van der Waals surface area (Å²) >= 11 is 0. The SMILES string of the molecule is CC(=O)N1N=C(C)CC1(O)C(F)(F)C(F)(F)C(F)(F)C(F)(F)C(F)(F)C(F)(F)C(F)(F)C(F)(F)F. The van der Waals surface area contributed by atoms with Gasteiger partial charge in [-0.15, -0.1) is 0 Å². The first-order chi connectivity index (χ1) is 14.9. The molecule has 0 fully saturated rings. The Balaban J connectivity index is 3.78. The van der Waals surface area contributed by atoms with Crippen LogP contribution in [0.2, 0.25) is 0 Å². The lowest BCUT2D eigenvalue weighted by molar-refractivity contribution is -0.469. The summed E-state index contributed by atoms with van der Waals surface area (Å²) in [4.78, 5) is 11.3. The van der Waals surface area contributed by atoms with Crippen molar-refractivity contribution in [2.24, 2.45) is 5.10 Å². The molecule has 0 aromatic rings. The Morgan fingerprint density at radius 2 is 1.03 bits per heavy atom. The number of aliphatic hydroxyl groups is 1. The van der Waals surface area contributed by atoms with Crippen molar-refractivity contribution in [1.82, 2.24) is 5.01 Å². The molecular formula is C14H9F17N2O2. The van der Waals surface area contributed by atoms with Crippen LogP contribution in [0.1, 0.15) is 20.3 Å². The fraction of sp³-hybridized carbons (Fsp3) is 0.857. The molecule has 1 N–H and O–H groups in total. The maximum Gasteiger partial charge on any atom is 0.460 e. The number of hydrogen-bond acceptors (Lipinski definition) is 3. The molecule has 0 saturated heterocycles. The van der Waals surface area contributed by atoms with E-state index in [1.807, 2.05) is 0 Å². The van der Waals surface area contributed by atoms with Crippen LogP contribution in [0.4, 0.5) is 74.6 Å². The second-order valence-electron chi connectivity index (χ2n) is 7.18. The number of alkyl halides is 17. The second kappa shape index (κ2) is 7.70. The highest BCUT2D eigenvalue weighted by atomic mass is 19.4. The fourth-order valence-corrected chi connectivity index (χ4v) is 2.71. The minimum absolute atomic E-state index is 0.169. The summed E-state index contributed by atoms with van der Waals surface area (Å²) in [6.45, 7) is 0.741. The molecule has 35 heavy (non-hydrogen) atoms. The predicted octanol–water partition coefficient (Wildman–Crippen LogP) is 5.31. The molecule has 0 aromatic carbocycles. The summed E-state index contributed by atoms with van der Waals surface area (Å²) < 4.78 is 227. The van der Waals surface area contributed by atoms with E-state index in [0.29, 0.717) is 6.92 Å². The van der Waals surface area contributed by atoms with E-state index in [9.17, 15) is 84.5 Å². The first-order valence-corrected chi connectivity index (χ1v) is 8.22. The highest BCUT2D eigenvalue weighted by Gasteiger charge is 2.96. The van der Waals surface area contributed by atoms with Crippen LogP contribution in [-0.4, -0.2) is 75.1 Å². The van der Waals surface area contributed by atoms with Crippen molar-refractivity contribution in [3.8, 4) is 0 Å². The van der Waals surface area contributed by atoms with Crippen molar-refractivity contribution in [3.63, 3.8) is 0 Å². The number of rotatable bonds is 7. The lowest BCUT2D eigenvalue weighted by Crippen LogP contribution is -2.77. The maximum absolute atomic E-state index is 14.4. The minimum atomic E-state index is -8.78. The molecule has 206 valence electrons. The Hall–Kier alpha value is -2.09. The lowest BCUT2D eigenvalue weighted by atomic mass is 9.84. The van der Waals surface area contributed by atoms with Gasteiger partial charge in [0.25, 0.3) is 0 Å². The van der Waals surface area contributed by atoms with E-state index in [-0.39, 0.29) is 6.92 Å². The average Bonchev–Trinajstić information content (AvgIpc) is 2.96. The van der Waals surface area contributed by atoms with Gasteiger partial charge >= 0.3 is 47.6 Å². The highest BCUT2D eigenvalue weighted by Crippen LogP contribution is 2.65. The van der Waals surface area contributed by atoms with Gasteiger partial charge in [0.1, 0.15) is 0 Å². The Kier molecular flexibility index (Phi) is 6.81. The van der Waals surface area contributed by atoms with E-state index in [1.165, 1.54) is 0 Å². The van der Waals surface area contributed by atoms with Crippen LogP contribution >= 0.6 is 0 Å². The molecule has 0 aliphatic carbocycles. The van der Waals surface area contributed by atoms with Crippen LogP contribution in [0.3, 0.4) is 0 Å². The van der Waals surface area contributed by atoms with E-state index in [2.05, 4.69) is 5.10 Å². The summed E-state index contributed by atoms with van der Waals surface area (Å²) in [7, 11) is 0. The van der Waals surface area contributed by atoms with Crippen LogP contribution in [0.15, 0.2) is 5.10 Å². The van der Waals surface area contributed by atoms with E-state index < -0.39 is 76.4 Å². The van der Waals surface area contributed by atoms with Crippen molar-refractivity contribution in [2.45, 2.75) is 73.6 Å². The van der Waals surface area contributed by atoms with Gasteiger partial charge in [0.2, 0.25) is 11.6 Å². The fourth-order valence-electron chi connectivity index (χ4n) is 2.71. The molecule has 0 radical (unpaired) electrons. The van der Waals surface area contributed by atoms with Gasteiger partial charge in [0.05, 0.1) is 0 Å². The van der Waals surface area contributed by atoms with Crippen molar-refractivity contribution in [3.05, 3.63) is 0 Å². The zero-order chi connectivity index (χ0) is 28.6. The van der Waals surface area contributed by atoms with Crippen LogP contribution in [0.5, 0.6) is 0 Å². The van der Waals surface area contributed by atoms with Crippen molar-refractivity contribution >= 4 is 11.6 Å². The third-order valence-electron chi connectivity index (χ3n) is 4.65. The number of hydrogen-bond donors (Lipinski definition) is 1. The molecule has 1 unspecified atom stereocenters. The zero-order valence-electron chi connectivity index (χ0n) is 16.4. The maximum atomic E-state index is 14.4. The van der Waals surface area contributed by atoms with Gasteiger partial charge in [-0.2, -0.15) is 84.7 Å². The summed E-state index contributed by atoms with van der Waals surface area (Å²) in [5, 5.41) is 11.4. The Labute approximate surface area is 181 Å². The van der Waals surface area contributed by atoms with Crippen LogP contribution < -0.4 is 0 Å². The summed E-state index contributed by atoms with van der Waals surface area (Å²) in [5.74, 6) is -60.4. The molecule has 21 heteroatoms. The van der Waals surface area contributed by atoms with E-state index in [0.717, 1.165) is 0 Å². The summed E-state index contributed by atoms with van der Waals surface area (Å²) in [6.07, 6.45) is -9.90. The summed E-state index contributed by atoms with van der Waals surface area (Å²) in [6, 6.07) is 0. The van der Waals surface area contributed by atoms with Gasteiger partial charge in [-0.1, -0.05) is 0 Å². The zero-order valence-corrected chi connectivity index (χ0v) is 16.4. The first-order valence-electron chi connectivity index (χ1n) is 8.22. The van der Waals surface area contributed by atoms with Crippen molar-refractivity contribution < 1.29 is 84.5 Å². The van der Waals surface area contributed by atoms with Crippen LogP contribution in [-0.2, 0) is 4.79 Å². The van der Waals surface area contributed by atoms with Gasteiger partial charge in [-0.25, -0.2) is 0 Å². The number of nitrogens with zero attached hydrogens (tertiary/aromatic N) is 2. The number of carbonyl (C=O) groups excluding carboxylic acids is 1. The number of carbonyl (C=O) groups is 1. The Bertz CT molecular complexity index is 894. The molecular weight excluding hydrogens is 551 g/mol. The molecule has 1 atom stereocenters. The molecule has 1 aliphatic heterocycles. The van der Waals surface area contributed by atoms with E-state index >= 15 is 0 Å². The molecule has 0 bridgehead atoms. The number of hydrazone groups is 1.